The summed E-state index contributed by atoms with van der Waals surface area (Å²) in [7, 11) is 3.43. The van der Waals surface area contributed by atoms with Gasteiger partial charge < -0.3 is 20.1 Å². The van der Waals surface area contributed by atoms with Gasteiger partial charge in [0, 0.05) is 32.3 Å². The molecule has 0 spiro atoms. The van der Waals surface area contributed by atoms with Gasteiger partial charge in [0.2, 0.25) is 0 Å². The molecule has 0 aliphatic rings. The van der Waals surface area contributed by atoms with E-state index in [1.165, 1.54) is 0 Å². The van der Waals surface area contributed by atoms with Crippen LogP contribution in [0.4, 0.5) is 0 Å². The van der Waals surface area contributed by atoms with Crippen LogP contribution in [0.25, 0.3) is 0 Å². The Balaban J connectivity index is 0.00000676. The summed E-state index contributed by atoms with van der Waals surface area (Å²) in [5.74, 6) is 0.754. The average molecular weight is 513 g/mol. The number of methoxy groups -OCH3 is 1. The van der Waals surface area contributed by atoms with Gasteiger partial charge in [-0.3, -0.25) is 9.89 Å². The first-order chi connectivity index (χ1) is 12.7. The minimum absolute atomic E-state index is 0. The lowest BCUT2D eigenvalue weighted by Gasteiger charge is -2.31. The molecule has 0 amide bonds. The van der Waals surface area contributed by atoms with Crippen molar-refractivity contribution in [2.45, 2.75) is 19.9 Å². The number of guanidine groups is 1. The predicted molar refractivity (Wildman–Crippen MR) is 125 cm³/mol. The standard InChI is InChI=1S/C19H33ClN4O2.HI/c1-5-24(6-2)18(16-9-7-8-10-17(16)20)15-23-19(21-3)22-11-12-26-14-13-25-4;/h7-10,18H,5-6,11-15H2,1-4H3,(H2,21,22,23);1H. The van der Waals surface area contributed by atoms with E-state index in [-0.39, 0.29) is 30.0 Å². The van der Waals surface area contributed by atoms with E-state index >= 15 is 0 Å². The maximum atomic E-state index is 6.44. The molecule has 1 aromatic carbocycles. The lowest BCUT2D eigenvalue weighted by atomic mass is 10.0. The van der Waals surface area contributed by atoms with Gasteiger partial charge in [0.05, 0.1) is 25.9 Å². The molecule has 0 saturated heterocycles. The largest absolute Gasteiger partial charge is 0.382 e. The van der Waals surface area contributed by atoms with Crippen LogP contribution >= 0.6 is 35.6 Å². The van der Waals surface area contributed by atoms with Crippen molar-refractivity contribution in [3.05, 3.63) is 34.9 Å². The third-order valence-corrected chi connectivity index (χ3v) is 4.52. The van der Waals surface area contributed by atoms with Crippen molar-refractivity contribution >= 4 is 41.5 Å². The van der Waals surface area contributed by atoms with Gasteiger partial charge in [-0.05, 0) is 24.7 Å². The molecule has 0 radical (unpaired) electrons. The minimum Gasteiger partial charge on any atom is -0.382 e. The van der Waals surface area contributed by atoms with E-state index in [9.17, 15) is 0 Å². The monoisotopic (exact) mass is 512 g/mol. The van der Waals surface area contributed by atoms with Crippen molar-refractivity contribution < 1.29 is 9.47 Å². The summed E-state index contributed by atoms with van der Waals surface area (Å²) in [6.45, 7) is 9.45. The fourth-order valence-electron chi connectivity index (χ4n) is 2.75. The van der Waals surface area contributed by atoms with E-state index in [2.05, 4.69) is 40.4 Å². The molecule has 6 nitrogen and oxygen atoms in total. The number of benzene rings is 1. The van der Waals surface area contributed by atoms with Crippen LogP contribution in [0.5, 0.6) is 0 Å². The third kappa shape index (κ3) is 9.94. The molecule has 0 aliphatic heterocycles. The maximum Gasteiger partial charge on any atom is 0.191 e. The number of halogens is 2. The molecule has 0 heterocycles. The second-order valence-electron chi connectivity index (χ2n) is 5.74. The van der Waals surface area contributed by atoms with Gasteiger partial charge in [0.25, 0.3) is 0 Å². The Labute approximate surface area is 186 Å². The van der Waals surface area contributed by atoms with E-state index in [0.29, 0.717) is 26.4 Å². The van der Waals surface area contributed by atoms with Crippen molar-refractivity contribution in [1.82, 2.24) is 15.5 Å². The molecule has 1 rings (SSSR count). The Bertz CT molecular complexity index is 530. The highest BCUT2D eigenvalue weighted by Crippen LogP contribution is 2.26. The molecule has 1 unspecified atom stereocenters. The van der Waals surface area contributed by atoms with Crippen LogP contribution in [-0.2, 0) is 9.47 Å². The quantitative estimate of drug-likeness (QED) is 0.195. The highest BCUT2D eigenvalue weighted by Gasteiger charge is 2.20. The van der Waals surface area contributed by atoms with Crippen LogP contribution in [0.1, 0.15) is 25.5 Å². The lowest BCUT2D eigenvalue weighted by Crippen LogP contribution is -2.44. The summed E-state index contributed by atoms with van der Waals surface area (Å²) >= 11 is 6.44. The molecule has 2 N–H and O–H groups in total. The first-order valence-corrected chi connectivity index (χ1v) is 9.55. The molecule has 27 heavy (non-hydrogen) atoms. The Kier molecular flexibility index (Phi) is 16.0. The van der Waals surface area contributed by atoms with Crippen molar-refractivity contribution in [3.63, 3.8) is 0 Å². The third-order valence-electron chi connectivity index (χ3n) is 4.17. The van der Waals surface area contributed by atoms with Crippen molar-refractivity contribution in [3.8, 4) is 0 Å². The number of nitrogens with one attached hydrogen (secondary N) is 2. The molecular formula is C19H34ClIN4O2. The molecule has 0 fully saturated rings. The van der Waals surface area contributed by atoms with Crippen LogP contribution < -0.4 is 10.6 Å². The molecule has 1 atom stereocenters. The predicted octanol–water partition coefficient (Wildman–Crippen LogP) is 3.17. The smallest absolute Gasteiger partial charge is 0.191 e. The van der Waals surface area contributed by atoms with E-state index in [1.54, 1.807) is 14.2 Å². The fraction of sp³-hybridized carbons (Fsp3) is 0.632. The Morgan fingerprint density at radius 3 is 2.44 bits per heavy atom. The Morgan fingerprint density at radius 1 is 1.15 bits per heavy atom. The zero-order valence-electron chi connectivity index (χ0n) is 16.8. The zero-order chi connectivity index (χ0) is 19.2. The van der Waals surface area contributed by atoms with E-state index in [0.717, 1.165) is 36.2 Å². The lowest BCUT2D eigenvalue weighted by molar-refractivity contribution is 0.0733. The van der Waals surface area contributed by atoms with E-state index < -0.39 is 0 Å². The number of ether oxygens (including phenoxy) is 2. The summed E-state index contributed by atoms with van der Waals surface area (Å²) in [4.78, 5) is 6.67. The normalized spacial score (nSPS) is 12.6. The van der Waals surface area contributed by atoms with Crippen LogP contribution in [0.15, 0.2) is 29.3 Å². The number of aliphatic imine (C=N–C) groups is 1. The molecular weight excluding hydrogens is 479 g/mol. The summed E-state index contributed by atoms with van der Waals surface area (Å²) in [6, 6.07) is 8.20. The second-order valence-corrected chi connectivity index (χ2v) is 6.15. The summed E-state index contributed by atoms with van der Waals surface area (Å²) in [5.41, 5.74) is 1.13. The molecule has 0 saturated carbocycles. The van der Waals surface area contributed by atoms with Crippen LogP contribution in [0, 0.1) is 0 Å². The second kappa shape index (κ2) is 16.4. The van der Waals surface area contributed by atoms with Crippen molar-refractivity contribution in [2.24, 2.45) is 4.99 Å². The van der Waals surface area contributed by atoms with Gasteiger partial charge in [-0.15, -0.1) is 24.0 Å². The van der Waals surface area contributed by atoms with Gasteiger partial charge in [-0.2, -0.15) is 0 Å². The first kappa shape index (κ1) is 26.4. The van der Waals surface area contributed by atoms with Crippen molar-refractivity contribution in [2.75, 3.05) is 60.2 Å². The number of nitrogens with zero attached hydrogens (tertiary/aromatic N) is 2. The van der Waals surface area contributed by atoms with Gasteiger partial charge in [0.1, 0.15) is 0 Å². The molecule has 0 aromatic heterocycles. The van der Waals surface area contributed by atoms with Gasteiger partial charge in [-0.1, -0.05) is 43.6 Å². The summed E-state index contributed by atoms with van der Waals surface area (Å²) in [5, 5.41) is 7.46. The Hall–Kier alpha value is -0.610. The molecule has 156 valence electrons. The summed E-state index contributed by atoms with van der Waals surface area (Å²) in [6.07, 6.45) is 0. The zero-order valence-corrected chi connectivity index (χ0v) is 19.9. The minimum atomic E-state index is 0. The van der Waals surface area contributed by atoms with Gasteiger partial charge >= 0.3 is 0 Å². The van der Waals surface area contributed by atoms with Crippen LogP contribution in [0.2, 0.25) is 5.02 Å². The average Bonchev–Trinajstić information content (AvgIpc) is 2.66. The topological polar surface area (TPSA) is 58.1 Å². The molecule has 0 bridgehead atoms. The molecule has 8 heteroatoms. The van der Waals surface area contributed by atoms with Crippen LogP contribution in [0.3, 0.4) is 0 Å². The fourth-order valence-corrected chi connectivity index (χ4v) is 3.01. The first-order valence-electron chi connectivity index (χ1n) is 9.17. The molecule has 0 aliphatic carbocycles. The highest BCUT2D eigenvalue weighted by atomic mass is 127. The highest BCUT2D eigenvalue weighted by molar-refractivity contribution is 14.0. The number of rotatable bonds is 12. The van der Waals surface area contributed by atoms with E-state index in [1.807, 2.05) is 18.2 Å². The number of hydrogen-bond acceptors (Lipinski definition) is 4. The molecule has 1 aromatic rings. The number of likely N-dealkylation sites (N-methyl/N-ethyl adjacent to an activating group) is 1. The maximum absolute atomic E-state index is 6.44. The van der Waals surface area contributed by atoms with Gasteiger partial charge in [-0.25, -0.2) is 0 Å². The van der Waals surface area contributed by atoms with Crippen LogP contribution in [-0.4, -0.2) is 71.0 Å². The van der Waals surface area contributed by atoms with E-state index in [4.69, 9.17) is 21.1 Å². The Morgan fingerprint density at radius 2 is 1.85 bits per heavy atom. The summed E-state index contributed by atoms with van der Waals surface area (Å²) < 4.78 is 10.4. The SMILES string of the molecule is CCN(CC)C(CNC(=NC)NCCOCCOC)c1ccccc1Cl.I. The van der Waals surface area contributed by atoms with Crippen molar-refractivity contribution in [1.29, 1.82) is 0 Å². The number of hydrogen-bond donors (Lipinski definition) is 2. The van der Waals surface area contributed by atoms with Gasteiger partial charge in [0.15, 0.2) is 5.96 Å².